The Hall–Kier alpha value is -0.830. The molecule has 0 aliphatic heterocycles. The molecule has 0 unspecified atom stereocenters. The second kappa shape index (κ2) is 3.60. The summed E-state index contributed by atoms with van der Waals surface area (Å²) in [6.07, 6.45) is 9.51. The van der Waals surface area contributed by atoms with Gasteiger partial charge in [-0.1, -0.05) is 0 Å². The van der Waals surface area contributed by atoms with Crippen molar-refractivity contribution in [1.29, 1.82) is 0 Å². The summed E-state index contributed by atoms with van der Waals surface area (Å²) in [6, 6.07) is 1.99. The molecule has 98 valence electrons. The highest BCUT2D eigenvalue weighted by Gasteiger charge is 2.54. The van der Waals surface area contributed by atoms with Crippen molar-refractivity contribution in [3.8, 4) is 0 Å². The summed E-state index contributed by atoms with van der Waals surface area (Å²) < 4.78 is 1.85. The molecule has 4 saturated carbocycles. The van der Waals surface area contributed by atoms with Crippen LogP contribution in [0.1, 0.15) is 50.3 Å². The summed E-state index contributed by atoms with van der Waals surface area (Å²) in [4.78, 5) is 0. The van der Waals surface area contributed by atoms with Crippen LogP contribution in [0.25, 0.3) is 0 Å². The summed E-state index contributed by atoms with van der Waals surface area (Å²) in [7, 11) is 1.94. The number of aryl methyl sites for hydroxylation is 1. The number of rotatable bonds is 2. The maximum Gasteiger partial charge on any atom is 0.101 e. The summed E-state index contributed by atoms with van der Waals surface area (Å²) in [6.45, 7) is 0. The van der Waals surface area contributed by atoms with E-state index in [1.54, 1.807) is 6.20 Å². The van der Waals surface area contributed by atoms with Crippen LogP contribution in [0.5, 0.6) is 0 Å². The largest absolute Gasteiger partial charge is 0.386 e. The Morgan fingerprint density at radius 3 is 2.22 bits per heavy atom. The molecule has 1 N–H and O–H groups in total. The number of hydrogen-bond acceptors (Lipinski definition) is 2. The molecule has 18 heavy (non-hydrogen) atoms. The van der Waals surface area contributed by atoms with Crippen LogP contribution in [-0.2, 0) is 7.05 Å². The molecule has 4 fully saturated rings. The van der Waals surface area contributed by atoms with Crippen LogP contribution >= 0.6 is 0 Å². The van der Waals surface area contributed by atoms with E-state index in [-0.39, 0.29) is 11.5 Å². The van der Waals surface area contributed by atoms with Gasteiger partial charge in [0.1, 0.15) is 6.10 Å². The van der Waals surface area contributed by atoms with Gasteiger partial charge in [-0.2, -0.15) is 5.10 Å². The maximum absolute atomic E-state index is 10.9. The van der Waals surface area contributed by atoms with Crippen LogP contribution in [0, 0.1) is 23.2 Å². The molecular formula is C15H22N2O. The molecule has 0 radical (unpaired) electrons. The van der Waals surface area contributed by atoms with Gasteiger partial charge in [0, 0.05) is 18.7 Å². The quantitative estimate of drug-likeness (QED) is 0.871. The first-order valence-corrected chi connectivity index (χ1v) is 7.32. The zero-order valence-corrected chi connectivity index (χ0v) is 11.0. The van der Waals surface area contributed by atoms with E-state index in [1.807, 2.05) is 17.8 Å². The fourth-order valence-corrected chi connectivity index (χ4v) is 5.48. The van der Waals surface area contributed by atoms with Gasteiger partial charge in [-0.15, -0.1) is 0 Å². The van der Waals surface area contributed by atoms with Crippen LogP contribution in [0.4, 0.5) is 0 Å². The van der Waals surface area contributed by atoms with E-state index in [0.29, 0.717) is 0 Å². The second-order valence-corrected chi connectivity index (χ2v) is 7.06. The minimum absolute atomic E-state index is 0.169. The maximum atomic E-state index is 10.9. The molecule has 0 aromatic carbocycles. The van der Waals surface area contributed by atoms with Gasteiger partial charge in [0.2, 0.25) is 0 Å². The Labute approximate surface area is 108 Å². The Bertz CT molecular complexity index is 430. The number of aliphatic hydroxyl groups excluding tert-OH is 1. The number of aromatic nitrogens is 2. The fourth-order valence-electron chi connectivity index (χ4n) is 5.48. The third kappa shape index (κ3) is 1.43. The molecule has 1 aromatic rings. The van der Waals surface area contributed by atoms with E-state index in [9.17, 15) is 5.11 Å². The van der Waals surface area contributed by atoms with E-state index >= 15 is 0 Å². The average molecular weight is 246 g/mol. The van der Waals surface area contributed by atoms with Crippen LogP contribution in [0.15, 0.2) is 12.3 Å². The number of nitrogens with zero attached hydrogens (tertiary/aromatic N) is 2. The first kappa shape index (κ1) is 11.0. The molecular weight excluding hydrogens is 224 g/mol. The number of aliphatic hydroxyl groups is 1. The smallest absolute Gasteiger partial charge is 0.101 e. The second-order valence-electron chi connectivity index (χ2n) is 7.06. The molecule has 4 aliphatic carbocycles. The highest BCUT2D eigenvalue weighted by Crippen LogP contribution is 2.63. The predicted molar refractivity (Wildman–Crippen MR) is 68.8 cm³/mol. The summed E-state index contributed by atoms with van der Waals surface area (Å²) in [5.74, 6) is 2.66. The fraction of sp³-hybridized carbons (Fsp3) is 0.800. The van der Waals surface area contributed by atoms with Crippen LogP contribution < -0.4 is 0 Å². The third-order valence-electron chi connectivity index (χ3n) is 5.80. The van der Waals surface area contributed by atoms with Gasteiger partial charge in [0.05, 0.1) is 5.69 Å². The van der Waals surface area contributed by atoms with E-state index in [0.717, 1.165) is 23.4 Å². The van der Waals surface area contributed by atoms with Crippen molar-refractivity contribution in [3.63, 3.8) is 0 Å². The van der Waals surface area contributed by atoms with Crippen molar-refractivity contribution >= 4 is 0 Å². The predicted octanol–water partition coefficient (Wildman–Crippen LogP) is 2.67. The van der Waals surface area contributed by atoms with E-state index < -0.39 is 0 Å². The molecule has 4 aliphatic rings. The van der Waals surface area contributed by atoms with Crippen molar-refractivity contribution in [1.82, 2.24) is 9.78 Å². The average Bonchev–Trinajstić information content (AvgIpc) is 2.72. The molecule has 1 atom stereocenters. The third-order valence-corrected chi connectivity index (χ3v) is 5.80. The molecule has 1 aromatic heterocycles. The molecule has 3 heteroatoms. The monoisotopic (exact) mass is 246 g/mol. The molecule has 3 nitrogen and oxygen atoms in total. The lowest BCUT2D eigenvalue weighted by Gasteiger charge is -2.58. The van der Waals surface area contributed by atoms with Gasteiger partial charge in [0.25, 0.3) is 0 Å². The zero-order chi connectivity index (χ0) is 12.3. The van der Waals surface area contributed by atoms with Gasteiger partial charge >= 0.3 is 0 Å². The topological polar surface area (TPSA) is 38.0 Å². The lowest BCUT2D eigenvalue weighted by molar-refractivity contribution is -0.124. The highest BCUT2D eigenvalue weighted by atomic mass is 16.3. The first-order chi connectivity index (χ1) is 8.66. The molecule has 1 heterocycles. The van der Waals surface area contributed by atoms with Crippen molar-refractivity contribution in [2.24, 2.45) is 30.2 Å². The zero-order valence-electron chi connectivity index (χ0n) is 11.0. The standard InChI is InChI=1S/C15H22N2O/c1-17-13(2-3-16-17)14(18)15-7-10-4-11(8-15)6-12(5-10)9-15/h2-3,10-12,14,18H,4-9H2,1H3/t10?,11?,12?,14-,15?/m0/s1. The van der Waals surface area contributed by atoms with Gasteiger partial charge in [-0.25, -0.2) is 0 Å². The molecule has 5 rings (SSSR count). The van der Waals surface area contributed by atoms with Crippen molar-refractivity contribution in [2.75, 3.05) is 0 Å². The molecule has 0 saturated heterocycles. The van der Waals surface area contributed by atoms with E-state index in [1.165, 1.54) is 38.5 Å². The molecule has 0 spiro atoms. The summed E-state index contributed by atoms with van der Waals surface area (Å²) in [5.41, 5.74) is 1.18. The van der Waals surface area contributed by atoms with Gasteiger partial charge in [-0.05, 0) is 62.3 Å². The van der Waals surface area contributed by atoms with Crippen molar-refractivity contribution in [2.45, 2.75) is 44.6 Å². The highest BCUT2D eigenvalue weighted by molar-refractivity contribution is 5.13. The van der Waals surface area contributed by atoms with E-state index in [4.69, 9.17) is 0 Å². The summed E-state index contributed by atoms with van der Waals surface area (Å²) in [5, 5.41) is 15.1. The van der Waals surface area contributed by atoms with Crippen molar-refractivity contribution in [3.05, 3.63) is 18.0 Å². The van der Waals surface area contributed by atoms with Crippen LogP contribution in [0.3, 0.4) is 0 Å². The summed E-state index contributed by atoms with van der Waals surface area (Å²) >= 11 is 0. The van der Waals surface area contributed by atoms with Gasteiger partial charge in [0.15, 0.2) is 0 Å². The lowest BCUT2D eigenvalue weighted by Crippen LogP contribution is -2.49. The lowest BCUT2D eigenvalue weighted by atomic mass is 9.48. The Kier molecular flexibility index (Phi) is 2.20. The van der Waals surface area contributed by atoms with Crippen LogP contribution in [-0.4, -0.2) is 14.9 Å². The number of hydrogen-bond donors (Lipinski definition) is 1. The molecule has 0 amide bonds. The normalized spacial score (nSPS) is 43.3. The minimum atomic E-state index is -0.307. The van der Waals surface area contributed by atoms with Gasteiger partial charge in [-0.3, -0.25) is 4.68 Å². The Balaban J connectivity index is 1.69. The molecule has 4 bridgehead atoms. The van der Waals surface area contributed by atoms with Gasteiger partial charge < -0.3 is 5.11 Å². The van der Waals surface area contributed by atoms with Crippen LogP contribution in [0.2, 0.25) is 0 Å². The van der Waals surface area contributed by atoms with Crippen molar-refractivity contribution < 1.29 is 5.11 Å². The van der Waals surface area contributed by atoms with E-state index in [2.05, 4.69) is 5.10 Å². The Morgan fingerprint density at radius 1 is 1.22 bits per heavy atom. The first-order valence-electron chi connectivity index (χ1n) is 7.32. The minimum Gasteiger partial charge on any atom is -0.386 e. The Morgan fingerprint density at radius 2 is 1.78 bits per heavy atom. The SMILES string of the molecule is Cn1nccc1[C@H](O)C12CC3CC(CC(C3)C1)C2.